The monoisotopic (exact) mass is 313 g/mol. The molecule has 114 valence electrons. The third-order valence-corrected chi connectivity index (χ3v) is 3.94. The third kappa shape index (κ3) is 4.09. The molecule has 5 heteroatoms. The summed E-state index contributed by atoms with van der Waals surface area (Å²) in [4.78, 5) is 26.1. The van der Waals surface area contributed by atoms with Crippen LogP contribution in [0.5, 0.6) is 0 Å². The van der Waals surface area contributed by atoms with Crippen molar-refractivity contribution in [2.24, 2.45) is 0 Å². The fraction of sp³-hybridized carbons (Fsp3) is 0.294. The van der Waals surface area contributed by atoms with E-state index in [0.717, 1.165) is 16.5 Å². The van der Waals surface area contributed by atoms with Gasteiger partial charge in [-0.05, 0) is 29.7 Å². The van der Waals surface area contributed by atoms with E-state index in [1.54, 1.807) is 6.07 Å². The van der Waals surface area contributed by atoms with E-state index in [-0.39, 0.29) is 12.0 Å². The molecule has 0 atom stereocenters. The Morgan fingerprint density at radius 3 is 2.64 bits per heavy atom. The molecule has 1 N–H and O–H groups in total. The van der Waals surface area contributed by atoms with Crippen LogP contribution in [0.3, 0.4) is 0 Å². The molecule has 1 aromatic heterocycles. The molecule has 0 saturated carbocycles. The molecule has 22 heavy (non-hydrogen) atoms. The van der Waals surface area contributed by atoms with Crippen molar-refractivity contribution in [2.45, 2.75) is 26.1 Å². The van der Waals surface area contributed by atoms with Crippen molar-refractivity contribution in [1.29, 1.82) is 0 Å². The van der Waals surface area contributed by atoms with E-state index in [1.807, 2.05) is 18.2 Å². The summed E-state index contributed by atoms with van der Waals surface area (Å²) in [5.41, 5.74) is 5.09. The highest BCUT2D eigenvalue weighted by atomic mass is 28.3. The minimum absolute atomic E-state index is 0.0351. The van der Waals surface area contributed by atoms with Gasteiger partial charge in [-0.25, -0.2) is 0 Å². The smallest absolute Gasteiger partial charge is 0.310 e. The summed E-state index contributed by atoms with van der Waals surface area (Å²) in [6, 6.07) is 7.39. The van der Waals surface area contributed by atoms with Gasteiger partial charge in [0.05, 0.1) is 13.5 Å². The normalized spacial score (nSPS) is 10.9. The van der Waals surface area contributed by atoms with Gasteiger partial charge in [0, 0.05) is 16.6 Å². The van der Waals surface area contributed by atoms with Crippen molar-refractivity contribution in [3.8, 4) is 11.5 Å². The summed E-state index contributed by atoms with van der Waals surface area (Å²) in [7, 11) is -0.127. The van der Waals surface area contributed by atoms with Gasteiger partial charge in [0.15, 0.2) is 0 Å². The quantitative estimate of drug-likeness (QED) is 0.526. The average molecular weight is 313 g/mol. The van der Waals surface area contributed by atoms with Crippen LogP contribution in [0.15, 0.2) is 29.1 Å². The number of aromatic amines is 1. The van der Waals surface area contributed by atoms with E-state index in [9.17, 15) is 9.59 Å². The first-order valence-corrected chi connectivity index (χ1v) is 10.5. The average Bonchev–Trinajstić information content (AvgIpc) is 2.45. The number of hydrogen-bond donors (Lipinski definition) is 1. The minimum Gasteiger partial charge on any atom is -0.469 e. The third-order valence-electron chi connectivity index (χ3n) is 3.07. The Kier molecular flexibility index (Phi) is 4.53. The number of aromatic nitrogens is 1. The second-order valence-corrected chi connectivity index (χ2v) is 10.9. The highest BCUT2D eigenvalue weighted by molar-refractivity contribution is 6.83. The lowest BCUT2D eigenvalue weighted by Crippen LogP contribution is -2.17. The lowest BCUT2D eigenvalue weighted by atomic mass is 10.1. The van der Waals surface area contributed by atoms with Crippen LogP contribution in [0.4, 0.5) is 0 Å². The maximum absolute atomic E-state index is 11.9. The topological polar surface area (TPSA) is 59.2 Å². The van der Waals surface area contributed by atoms with Gasteiger partial charge in [0.25, 0.3) is 5.56 Å². The van der Waals surface area contributed by atoms with Gasteiger partial charge in [0.1, 0.15) is 8.07 Å². The predicted octanol–water partition coefficient (Wildman–Crippen LogP) is 2.47. The van der Waals surface area contributed by atoms with E-state index < -0.39 is 14.0 Å². The van der Waals surface area contributed by atoms with Gasteiger partial charge in [0.2, 0.25) is 0 Å². The molecular formula is C17H19NO3Si. The maximum Gasteiger partial charge on any atom is 0.310 e. The number of ether oxygens (including phenoxy) is 1. The van der Waals surface area contributed by atoms with Crippen molar-refractivity contribution in [2.75, 3.05) is 7.11 Å². The molecule has 4 nitrogen and oxygen atoms in total. The van der Waals surface area contributed by atoms with Crippen LogP contribution >= 0.6 is 0 Å². The number of carbonyl (C=O) groups is 1. The van der Waals surface area contributed by atoms with E-state index in [1.165, 1.54) is 7.11 Å². The van der Waals surface area contributed by atoms with E-state index >= 15 is 0 Å². The summed E-state index contributed by atoms with van der Waals surface area (Å²) in [5, 5.41) is 0.862. The van der Waals surface area contributed by atoms with Crippen LogP contribution in [0, 0.1) is 11.5 Å². The zero-order valence-electron chi connectivity index (χ0n) is 13.2. The predicted molar refractivity (Wildman–Crippen MR) is 90.5 cm³/mol. The van der Waals surface area contributed by atoms with Crippen molar-refractivity contribution in [3.63, 3.8) is 0 Å². The largest absolute Gasteiger partial charge is 0.469 e. The van der Waals surface area contributed by atoms with Crippen LogP contribution in [0.25, 0.3) is 10.9 Å². The summed E-state index contributed by atoms with van der Waals surface area (Å²) in [6.07, 6.45) is -0.0351. The lowest BCUT2D eigenvalue weighted by Gasteiger charge is -2.05. The zero-order valence-corrected chi connectivity index (χ0v) is 14.2. The molecule has 0 spiro atoms. The molecule has 0 aliphatic carbocycles. The molecule has 0 unspecified atom stereocenters. The van der Waals surface area contributed by atoms with E-state index in [4.69, 9.17) is 0 Å². The molecule has 0 fully saturated rings. The molecule has 0 saturated heterocycles. The fourth-order valence-corrected chi connectivity index (χ4v) is 2.47. The van der Waals surface area contributed by atoms with Crippen LogP contribution in [-0.4, -0.2) is 26.1 Å². The second kappa shape index (κ2) is 6.20. The molecule has 1 heterocycles. The Labute approximate surface area is 130 Å². The Morgan fingerprint density at radius 1 is 1.27 bits per heavy atom. The molecule has 1 aromatic carbocycles. The first-order valence-electron chi connectivity index (χ1n) is 7.04. The van der Waals surface area contributed by atoms with Crippen LogP contribution in [0.1, 0.15) is 11.1 Å². The van der Waals surface area contributed by atoms with Crippen molar-refractivity contribution in [3.05, 3.63) is 45.7 Å². The number of pyridine rings is 1. The number of esters is 1. The number of benzene rings is 1. The van der Waals surface area contributed by atoms with E-state index in [0.29, 0.717) is 5.56 Å². The highest BCUT2D eigenvalue weighted by Crippen LogP contribution is 2.14. The number of methoxy groups -OCH3 is 1. The summed E-state index contributed by atoms with van der Waals surface area (Å²) in [6.45, 7) is 6.56. The Hall–Kier alpha value is -2.32. The Balaban J connectivity index is 2.46. The number of hydrogen-bond acceptors (Lipinski definition) is 3. The fourth-order valence-electron chi connectivity index (χ4n) is 1.95. The first kappa shape index (κ1) is 16.1. The SMILES string of the molecule is COC(=O)Cc1cc2cc(C#C[Si](C)(C)C)ccc2[nH]c1=O. The minimum atomic E-state index is -1.43. The molecule has 0 aliphatic heterocycles. The van der Waals surface area contributed by atoms with E-state index in [2.05, 4.69) is 40.8 Å². The molecule has 0 bridgehead atoms. The van der Waals surface area contributed by atoms with Gasteiger partial charge >= 0.3 is 5.97 Å². The highest BCUT2D eigenvalue weighted by Gasteiger charge is 2.10. The Bertz CT molecular complexity index is 835. The van der Waals surface area contributed by atoms with Crippen molar-refractivity contribution >= 4 is 24.9 Å². The molecule has 2 rings (SSSR count). The van der Waals surface area contributed by atoms with Crippen molar-refractivity contribution < 1.29 is 9.53 Å². The molecule has 0 aliphatic rings. The van der Waals surface area contributed by atoms with Gasteiger partial charge in [-0.2, -0.15) is 0 Å². The summed E-state index contributed by atoms with van der Waals surface area (Å²) < 4.78 is 4.61. The number of nitrogens with one attached hydrogen (secondary N) is 1. The number of rotatable bonds is 2. The molecular weight excluding hydrogens is 294 g/mol. The number of carbonyl (C=O) groups excluding carboxylic acids is 1. The number of H-pyrrole nitrogens is 1. The second-order valence-electron chi connectivity index (χ2n) is 6.18. The molecule has 0 radical (unpaired) electrons. The van der Waals surface area contributed by atoms with Gasteiger partial charge in [-0.1, -0.05) is 25.6 Å². The number of fused-ring (bicyclic) bond motifs is 1. The van der Waals surface area contributed by atoms with Crippen molar-refractivity contribution in [1.82, 2.24) is 4.98 Å². The summed E-state index contributed by atoms with van der Waals surface area (Å²) >= 11 is 0. The van der Waals surface area contributed by atoms with Crippen LogP contribution < -0.4 is 5.56 Å². The Morgan fingerprint density at radius 2 is 2.00 bits per heavy atom. The zero-order chi connectivity index (χ0) is 16.3. The van der Waals surface area contributed by atoms with Gasteiger partial charge < -0.3 is 9.72 Å². The maximum atomic E-state index is 11.9. The van der Waals surface area contributed by atoms with Crippen LogP contribution in [0.2, 0.25) is 19.6 Å². The lowest BCUT2D eigenvalue weighted by molar-refractivity contribution is -0.139. The van der Waals surface area contributed by atoms with Crippen LogP contribution in [-0.2, 0) is 16.0 Å². The van der Waals surface area contributed by atoms with Gasteiger partial charge in [-0.15, -0.1) is 5.54 Å². The molecule has 0 amide bonds. The standard InChI is InChI=1S/C17H19NO3Si/c1-21-16(19)11-14-10-13-9-12(7-8-22(2,3)4)5-6-15(13)18-17(14)20/h5-6,9-10H,11H2,1-4H3,(H,18,20). The first-order chi connectivity index (χ1) is 10.3. The van der Waals surface area contributed by atoms with Gasteiger partial charge in [-0.3, -0.25) is 9.59 Å². The molecule has 2 aromatic rings. The summed E-state index contributed by atoms with van der Waals surface area (Å²) in [5.74, 6) is 2.76.